The number of amides is 2. The summed E-state index contributed by atoms with van der Waals surface area (Å²) in [6.07, 6.45) is 1.51. The van der Waals surface area contributed by atoms with Gasteiger partial charge < -0.3 is 14.5 Å². The molecule has 1 saturated heterocycles. The fourth-order valence-electron chi connectivity index (χ4n) is 3.29. The summed E-state index contributed by atoms with van der Waals surface area (Å²) < 4.78 is 5.74. The highest BCUT2D eigenvalue weighted by atomic mass is 32.1. The van der Waals surface area contributed by atoms with Crippen LogP contribution in [0.2, 0.25) is 0 Å². The maximum absolute atomic E-state index is 12.8. The van der Waals surface area contributed by atoms with E-state index in [0.29, 0.717) is 25.3 Å². The van der Waals surface area contributed by atoms with Gasteiger partial charge in [-0.15, -0.1) is 22.7 Å². The van der Waals surface area contributed by atoms with Gasteiger partial charge in [0.1, 0.15) is 5.75 Å². The molecule has 0 unspecified atom stereocenters. The second-order valence-electron chi connectivity index (χ2n) is 6.84. The van der Waals surface area contributed by atoms with Crippen LogP contribution < -0.4 is 9.64 Å². The molecule has 1 fully saturated rings. The van der Waals surface area contributed by atoms with Crippen LogP contribution in [0.3, 0.4) is 0 Å². The second kappa shape index (κ2) is 9.24. The van der Waals surface area contributed by atoms with E-state index in [-0.39, 0.29) is 18.4 Å². The van der Waals surface area contributed by atoms with Gasteiger partial charge in [0.05, 0.1) is 13.1 Å². The molecule has 0 saturated carbocycles. The molecule has 0 spiro atoms. The molecule has 4 rings (SSSR count). The van der Waals surface area contributed by atoms with Gasteiger partial charge in [-0.1, -0.05) is 12.1 Å². The lowest BCUT2D eigenvalue weighted by Crippen LogP contribution is -2.33. The van der Waals surface area contributed by atoms with Crippen molar-refractivity contribution in [2.24, 2.45) is 0 Å². The van der Waals surface area contributed by atoms with E-state index in [9.17, 15) is 9.59 Å². The number of rotatable bonds is 8. The third kappa shape index (κ3) is 5.05. The summed E-state index contributed by atoms with van der Waals surface area (Å²) in [7, 11) is 0. The minimum atomic E-state index is -0.0504. The highest BCUT2D eigenvalue weighted by Crippen LogP contribution is 2.24. The Hall–Kier alpha value is -2.64. The highest BCUT2D eigenvalue weighted by Gasteiger charge is 2.21. The summed E-state index contributed by atoms with van der Waals surface area (Å²) in [5.74, 6) is 0.734. The Balaban J connectivity index is 1.37. The molecule has 1 aromatic carbocycles. The van der Waals surface area contributed by atoms with Crippen molar-refractivity contribution in [1.82, 2.24) is 4.90 Å². The lowest BCUT2D eigenvalue weighted by atomic mass is 10.3. The number of nitrogens with zero attached hydrogens (tertiary/aromatic N) is 2. The molecule has 2 amide bonds. The van der Waals surface area contributed by atoms with Crippen LogP contribution >= 0.6 is 22.7 Å². The third-order valence-corrected chi connectivity index (χ3v) is 6.51. The van der Waals surface area contributed by atoms with Crippen molar-refractivity contribution >= 4 is 40.2 Å². The van der Waals surface area contributed by atoms with Crippen LogP contribution in [0.15, 0.2) is 59.3 Å². The molecule has 5 nitrogen and oxygen atoms in total. The number of carbonyl (C=O) groups is 2. The van der Waals surface area contributed by atoms with Crippen molar-refractivity contribution in [1.29, 1.82) is 0 Å². The van der Waals surface area contributed by atoms with Gasteiger partial charge in [-0.05, 0) is 53.6 Å². The van der Waals surface area contributed by atoms with Crippen LogP contribution in [0, 0.1) is 0 Å². The molecule has 3 aromatic rings. The van der Waals surface area contributed by atoms with Gasteiger partial charge in [-0.25, -0.2) is 0 Å². The zero-order valence-electron chi connectivity index (χ0n) is 16.0. The Morgan fingerprint density at radius 1 is 1.00 bits per heavy atom. The lowest BCUT2D eigenvalue weighted by molar-refractivity contribution is -0.134. The van der Waals surface area contributed by atoms with Crippen molar-refractivity contribution in [3.63, 3.8) is 0 Å². The number of carbonyl (C=O) groups excluding carboxylic acids is 2. The third-order valence-electron chi connectivity index (χ3n) is 4.79. The van der Waals surface area contributed by atoms with Gasteiger partial charge in [0, 0.05) is 28.4 Å². The number of thiophene rings is 2. The molecule has 2 aromatic heterocycles. The highest BCUT2D eigenvalue weighted by molar-refractivity contribution is 7.10. The molecule has 0 aliphatic carbocycles. The van der Waals surface area contributed by atoms with Crippen molar-refractivity contribution in [2.45, 2.75) is 25.9 Å². The van der Waals surface area contributed by atoms with Gasteiger partial charge >= 0.3 is 0 Å². The van der Waals surface area contributed by atoms with Crippen LogP contribution in [0.1, 0.15) is 22.6 Å². The van der Waals surface area contributed by atoms with E-state index in [2.05, 4.69) is 0 Å². The minimum Gasteiger partial charge on any atom is -0.484 e. The Morgan fingerprint density at radius 3 is 2.17 bits per heavy atom. The van der Waals surface area contributed by atoms with E-state index >= 15 is 0 Å². The van der Waals surface area contributed by atoms with Crippen molar-refractivity contribution in [2.75, 3.05) is 18.1 Å². The SMILES string of the molecule is O=C(COc1ccc(N2CCCC2=O)cc1)N(Cc1cccs1)Cc1cccs1. The first-order valence-electron chi connectivity index (χ1n) is 9.55. The van der Waals surface area contributed by atoms with Gasteiger partial charge in [-0.2, -0.15) is 0 Å². The summed E-state index contributed by atoms with van der Waals surface area (Å²) in [6.45, 7) is 1.90. The molecule has 7 heteroatoms. The molecule has 0 N–H and O–H groups in total. The molecule has 0 bridgehead atoms. The largest absolute Gasteiger partial charge is 0.484 e. The van der Waals surface area contributed by atoms with Gasteiger partial charge in [0.2, 0.25) is 5.91 Å². The van der Waals surface area contributed by atoms with E-state index in [0.717, 1.165) is 28.4 Å². The zero-order valence-corrected chi connectivity index (χ0v) is 17.6. The van der Waals surface area contributed by atoms with Gasteiger partial charge in [-0.3, -0.25) is 9.59 Å². The molecule has 0 radical (unpaired) electrons. The smallest absolute Gasteiger partial charge is 0.261 e. The number of hydrogen-bond acceptors (Lipinski definition) is 5. The summed E-state index contributed by atoms with van der Waals surface area (Å²) in [4.78, 5) is 30.6. The first kappa shape index (κ1) is 19.7. The van der Waals surface area contributed by atoms with E-state index in [1.54, 1.807) is 27.6 Å². The normalized spacial score (nSPS) is 13.7. The van der Waals surface area contributed by atoms with Crippen LogP contribution in [0.25, 0.3) is 0 Å². The van der Waals surface area contributed by atoms with Crippen LogP contribution in [0.4, 0.5) is 5.69 Å². The first-order valence-corrected chi connectivity index (χ1v) is 11.3. The molecule has 1 aliphatic rings. The number of hydrogen-bond donors (Lipinski definition) is 0. The summed E-state index contributed by atoms with van der Waals surface area (Å²) in [6, 6.07) is 15.5. The summed E-state index contributed by atoms with van der Waals surface area (Å²) in [5.41, 5.74) is 0.878. The van der Waals surface area contributed by atoms with Crippen molar-refractivity contribution in [3.05, 3.63) is 69.0 Å². The molecule has 1 aliphatic heterocycles. The molecule has 29 heavy (non-hydrogen) atoms. The summed E-state index contributed by atoms with van der Waals surface area (Å²) >= 11 is 3.29. The topological polar surface area (TPSA) is 49.9 Å². The molecule has 150 valence electrons. The second-order valence-corrected chi connectivity index (χ2v) is 8.90. The van der Waals surface area contributed by atoms with E-state index in [1.807, 2.05) is 64.2 Å². The van der Waals surface area contributed by atoms with E-state index < -0.39 is 0 Å². The van der Waals surface area contributed by atoms with Gasteiger partial charge in [0.25, 0.3) is 5.91 Å². The zero-order chi connectivity index (χ0) is 20.1. The predicted octanol–water partition coefficient (Wildman–Crippen LogP) is 4.54. The molecule has 3 heterocycles. The minimum absolute atomic E-state index is 0.0151. The maximum atomic E-state index is 12.8. The molecular formula is C22H22N2O3S2. The van der Waals surface area contributed by atoms with E-state index in [4.69, 9.17) is 4.74 Å². The van der Waals surface area contributed by atoms with Crippen LogP contribution in [0.5, 0.6) is 5.75 Å². The monoisotopic (exact) mass is 426 g/mol. The Morgan fingerprint density at radius 2 is 1.66 bits per heavy atom. The fraction of sp³-hybridized carbons (Fsp3) is 0.273. The van der Waals surface area contributed by atoms with Gasteiger partial charge in [0.15, 0.2) is 6.61 Å². The van der Waals surface area contributed by atoms with Crippen molar-refractivity contribution in [3.8, 4) is 5.75 Å². The van der Waals surface area contributed by atoms with Crippen LogP contribution in [-0.2, 0) is 22.7 Å². The fourth-order valence-corrected chi connectivity index (χ4v) is 4.73. The Labute approximate surface area is 178 Å². The average molecular weight is 427 g/mol. The Kier molecular flexibility index (Phi) is 6.27. The lowest BCUT2D eigenvalue weighted by Gasteiger charge is -2.22. The Bertz CT molecular complexity index is 901. The van der Waals surface area contributed by atoms with Crippen LogP contribution in [-0.4, -0.2) is 29.9 Å². The number of ether oxygens (including phenoxy) is 1. The quantitative estimate of drug-likeness (QED) is 0.531. The van der Waals surface area contributed by atoms with Crippen molar-refractivity contribution < 1.29 is 14.3 Å². The average Bonchev–Trinajstić information content (AvgIpc) is 3.50. The van der Waals surface area contributed by atoms with E-state index in [1.165, 1.54) is 0 Å². The number of anilines is 1. The predicted molar refractivity (Wildman–Crippen MR) is 116 cm³/mol. The number of benzene rings is 1. The molecular weight excluding hydrogens is 404 g/mol. The summed E-state index contributed by atoms with van der Waals surface area (Å²) in [5, 5.41) is 4.04. The maximum Gasteiger partial charge on any atom is 0.261 e. The first-order chi connectivity index (χ1) is 14.2. The standard InChI is InChI=1S/C22H22N2O3S2/c25-21-6-1-11-24(21)17-7-9-18(10-8-17)27-16-22(26)23(14-19-4-2-12-28-19)15-20-5-3-13-29-20/h2-5,7-10,12-13H,1,6,11,14-16H2. The molecule has 0 atom stereocenters.